The van der Waals surface area contributed by atoms with Gasteiger partial charge in [-0.1, -0.05) is 20.8 Å². The molecule has 0 aromatic carbocycles. The van der Waals surface area contributed by atoms with Gasteiger partial charge >= 0.3 is 18.0 Å². The van der Waals surface area contributed by atoms with E-state index in [1.54, 1.807) is 20.8 Å². The number of alkyl halides is 7. The molecule has 0 saturated heterocycles. The van der Waals surface area contributed by atoms with Gasteiger partial charge in [0.05, 0.1) is 0 Å². The van der Waals surface area contributed by atoms with E-state index < -0.39 is 29.1 Å². The van der Waals surface area contributed by atoms with Crippen LogP contribution in [0.4, 0.5) is 30.7 Å². The van der Waals surface area contributed by atoms with Crippen molar-refractivity contribution in [3.8, 4) is 0 Å². The number of fused-ring (bicyclic) bond motifs is 1. The Hall–Kier alpha value is -1.94. The topological polar surface area (TPSA) is 43.1 Å². The summed E-state index contributed by atoms with van der Waals surface area (Å²) in [6.45, 7) is 5.13. The third kappa shape index (κ3) is 2.72. The van der Waals surface area contributed by atoms with E-state index >= 15 is 0 Å². The summed E-state index contributed by atoms with van der Waals surface area (Å²) in [4.78, 5) is 6.84. The second kappa shape index (κ2) is 4.78. The molecular weight excluding hydrogens is 333 g/mol. The average molecular weight is 344 g/mol. The van der Waals surface area contributed by atoms with Crippen LogP contribution >= 0.6 is 0 Å². The van der Waals surface area contributed by atoms with Gasteiger partial charge in [0.15, 0.2) is 11.5 Å². The molecule has 0 amide bonds. The third-order valence-corrected chi connectivity index (χ3v) is 2.97. The average Bonchev–Trinajstić information content (AvgIpc) is 2.79. The lowest BCUT2D eigenvalue weighted by Crippen LogP contribution is -2.50. The summed E-state index contributed by atoms with van der Waals surface area (Å²) in [6, 6.07) is 0.363. The summed E-state index contributed by atoms with van der Waals surface area (Å²) in [5, 5.41) is 3.91. The molecule has 11 heteroatoms. The first-order valence-corrected chi connectivity index (χ1v) is 6.23. The fourth-order valence-electron chi connectivity index (χ4n) is 1.62. The highest BCUT2D eigenvalue weighted by atomic mass is 19.4. The largest absolute Gasteiger partial charge is 0.460 e. The molecular formula is C12H11F7N4. The van der Waals surface area contributed by atoms with Gasteiger partial charge in [-0.15, -0.1) is 5.10 Å². The molecule has 0 N–H and O–H groups in total. The Balaban J connectivity index is 2.56. The minimum absolute atomic E-state index is 0.197. The molecule has 2 aromatic heterocycles. The van der Waals surface area contributed by atoms with Crippen molar-refractivity contribution in [3.63, 3.8) is 0 Å². The molecule has 23 heavy (non-hydrogen) atoms. The summed E-state index contributed by atoms with van der Waals surface area (Å²) in [6.07, 6.45) is -5.80. The van der Waals surface area contributed by atoms with E-state index in [4.69, 9.17) is 0 Å². The van der Waals surface area contributed by atoms with Gasteiger partial charge in [-0.2, -0.15) is 30.7 Å². The maximum absolute atomic E-state index is 13.6. The lowest BCUT2D eigenvalue weighted by Gasteiger charge is -2.27. The summed E-state index contributed by atoms with van der Waals surface area (Å²) < 4.78 is 90.8. The predicted octanol–water partition coefficient (Wildman–Crippen LogP) is 3.71. The van der Waals surface area contributed by atoms with Crippen molar-refractivity contribution in [2.24, 2.45) is 0 Å². The van der Waals surface area contributed by atoms with E-state index in [1.165, 1.54) is 0 Å². The molecule has 0 aliphatic rings. The van der Waals surface area contributed by atoms with Crippen LogP contribution in [0, 0.1) is 0 Å². The van der Waals surface area contributed by atoms with Gasteiger partial charge in [-0.05, 0) is 0 Å². The lowest BCUT2D eigenvalue weighted by atomic mass is 9.96. The first-order chi connectivity index (χ1) is 10.2. The van der Waals surface area contributed by atoms with Crippen LogP contribution in [-0.4, -0.2) is 31.7 Å². The fraction of sp³-hybridized carbons (Fsp3) is 0.583. The van der Waals surface area contributed by atoms with Crippen molar-refractivity contribution in [2.45, 2.75) is 44.2 Å². The highest BCUT2D eigenvalue weighted by molar-refractivity contribution is 5.40. The van der Waals surface area contributed by atoms with E-state index in [0.717, 1.165) is 4.52 Å². The van der Waals surface area contributed by atoms with Gasteiger partial charge in [0.1, 0.15) is 12.0 Å². The molecule has 0 unspecified atom stereocenters. The quantitative estimate of drug-likeness (QED) is 0.780. The molecule has 0 aliphatic carbocycles. The molecule has 2 aromatic rings. The van der Waals surface area contributed by atoms with Crippen LogP contribution in [0.2, 0.25) is 0 Å². The molecule has 0 saturated carbocycles. The SMILES string of the molecule is CC(C)(C)c1nc2cc(C(F)(F)C(F)(F)C(F)(F)F)ncn2n1. The Morgan fingerprint density at radius 3 is 2.00 bits per heavy atom. The van der Waals surface area contributed by atoms with Crippen molar-refractivity contribution in [1.82, 2.24) is 19.6 Å². The van der Waals surface area contributed by atoms with Crippen LogP contribution in [-0.2, 0) is 11.3 Å². The van der Waals surface area contributed by atoms with E-state index in [9.17, 15) is 30.7 Å². The number of nitrogens with zero attached hydrogens (tertiary/aromatic N) is 4. The van der Waals surface area contributed by atoms with Gasteiger partial charge in [-0.25, -0.2) is 14.5 Å². The zero-order chi connectivity index (χ0) is 17.8. The molecule has 0 aliphatic heterocycles. The summed E-state index contributed by atoms with van der Waals surface area (Å²) in [7, 11) is 0. The number of aromatic nitrogens is 4. The van der Waals surface area contributed by atoms with Crippen LogP contribution in [0.25, 0.3) is 5.65 Å². The van der Waals surface area contributed by atoms with E-state index in [0.29, 0.717) is 12.4 Å². The zero-order valence-corrected chi connectivity index (χ0v) is 12.1. The van der Waals surface area contributed by atoms with Gasteiger partial charge in [0, 0.05) is 11.5 Å². The van der Waals surface area contributed by atoms with Crippen molar-refractivity contribution < 1.29 is 30.7 Å². The molecule has 0 radical (unpaired) electrons. The Bertz CT molecular complexity index is 727. The number of hydrogen-bond donors (Lipinski definition) is 0. The molecule has 0 fully saturated rings. The van der Waals surface area contributed by atoms with E-state index in [1.807, 2.05) is 0 Å². The van der Waals surface area contributed by atoms with E-state index in [2.05, 4.69) is 15.1 Å². The van der Waals surface area contributed by atoms with Crippen LogP contribution in [0.15, 0.2) is 12.4 Å². The highest BCUT2D eigenvalue weighted by Gasteiger charge is 2.74. The number of halogens is 7. The molecule has 2 heterocycles. The van der Waals surface area contributed by atoms with Gasteiger partial charge < -0.3 is 0 Å². The Morgan fingerprint density at radius 1 is 0.957 bits per heavy atom. The predicted molar refractivity (Wildman–Crippen MR) is 64.4 cm³/mol. The van der Waals surface area contributed by atoms with Crippen molar-refractivity contribution >= 4 is 5.65 Å². The molecule has 0 spiro atoms. The summed E-state index contributed by atoms with van der Waals surface area (Å²) in [5.74, 6) is -11.6. The van der Waals surface area contributed by atoms with Crippen LogP contribution in [0.1, 0.15) is 32.3 Å². The standard InChI is InChI=1S/C12H11F7N4/c1-9(2,3)8-21-7-4-6(20-5-23(7)22-8)10(13,14)11(15,16)12(17,18)19/h4-5H,1-3H3. The first kappa shape index (κ1) is 17.4. The normalized spacial score (nSPS) is 14.5. The maximum atomic E-state index is 13.6. The third-order valence-electron chi connectivity index (χ3n) is 2.97. The highest BCUT2D eigenvalue weighted by Crippen LogP contribution is 2.51. The van der Waals surface area contributed by atoms with Gasteiger partial charge in [-0.3, -0.25) is 0 Å². The lowest BCUT2D eigenvalue weighted by molar-refractivity contribution is -0.360. The Morgan fingerprint density at radius 2 is 1.52 bits per heavy atom. The molecule has 2 rings (SSSR count). The molecule has 0 atom stereocenters. The first-order valence-electron chi connectivity index (χ1n) is 6.23. The maximum Gasteiger partial charge on any atom is 0.460 e. The van der Waals surface area contributed by atoms with Crippen LogP contribution < -0.4 is 0 Å². The second-order valence-corrected chi connectivity index (χ2v) is 5.91. The Kier molecular flexibility index (Phi) is 3.62. The van der Waals surface area contributed by atoms with Crippen molar-refractivity contribution in [2.75, 3.05) is 0 Å². The monoisotopic (exact) mass is 344 g/mol. The van der Waals surface area contributed by atoms with Gasteiger partial charge in [0.2, 0.25) is 0 Å². The van der Waals surface area contributed by atoms with Crippen LogP contribution in [0.3, 0.4) is 0 Å². The van der Waals surface area contributed by atoms with Crippen molar-refractivity contribution in [3.05, 3.63) is 23.9 Å². The molecule has 0 bridgehead atoms. The number of rotatable bonds is 2. The molecule has 128 valence electrons. The minimum Gasteiger partial charge on any atom is -0.235 e. The minimum atomic E-state index is -6.42. The fourth-order valence-corrected chi connectivity index (χ4v) is 1.62. The number of hydrogen-bond acceptors (Lipinski definition) is 3. The smallest absolute Gasteiger partial charge is 0.235 e. The summed E-state index contributed by atoms with van der Waals surface area (Å²) >= 11 is 0. The van der Waals surface area contributed by atoms with Crippen molar-refractivity contribution in [1.29, 1.82) is 0 Å². The molecule has 4 nitrogen and oxygen atoms in total. The second-order valence-electron chi connectivity index (χ2n) is 5.91. The summed E-state index contributed by atoms with van der Waals surface area (Å²) in [5.41, 5.74) is -2.62. The Labute approximate surface area is 125 Å². The van der Waals surface area contributed by atoms with Gasteiger partial charge in [0.25, 0.3) is 0 Å². The zero-order valence-electron chi connectivity index (χ0n) is 12.1. The van der Waals surface area contributed by atoms with Crippen LogP contribution in [0.5, 0.6) is 0 Å². The van der Waals surface area contributed by atoms with E-state index in [-0.39, 0.29) is 11.5 Å².